The Morgan fingerprint density at radius 3 is 2.97 bits per heavy atom. The molecule has 4 heterocycles. The molecule has 2 aromatic heterocycles. The first kappa shape index (κ1) is 18.8. The molecular weight excluding hydrogens is 366 g/mol. The third-order valence-electron chi connectivity index (χ3n) is 6.99. The lowest BCUT2D eigenvalue weighted by atomic mass is 9.75. The van der Waals surface area contributed by atoms with Gasteiger partial charge in [0.15, 0.2) is 5.69 Å². The van der Waals surface area contributed by atoms with Gasteiger partial charge in [0, 0.05) is 43.3 Å². The molecule has 29 heavy (non-hydrogen) atoms. The predicted octanol–water partition coefficient (Wildman–Crippen LogP) is 2.05. The summed E-state index contributed by atoms with van der Waals surface area (Å²) >= 11 is 0. The van der Waals surface area contributed by atoms with Crippen LogP contribution in [0, 0.1) is 5.92 Å². The topological polar surface area (TPSA) is 74.3 Å². The predicted molar refractivity (Wildman–Crippen MR) is 108 cm³/mol. The highest BCUT2D eigenvalue weighted by Gasteiger charge is 2.51. The molecule has 1 atom stereocenters. The molecule has 7 nitrogen and oxygen atoms in total. The molecule has 2 fully saturated rings. The van der Waals surface area contributed by atoms with Crippen LogP contribution in [0.4, 0.5) is 0 Å². The summed E-state index contributed by atoms with van der Waals surface area (Å²) in [5.41, 5.74) is 4.22. The van der Waals surface area contributed by atoms with Gasteiger partial charge in [-0.15, -0.1) is 0 Å². The summed E-state index contributed by atoms with van der Waals surface area (Å²) in [6, 6.07) is 3.99. The Labute approximate surface area is 171 Å². The number of likely N-dealkylation sites (tertiary alicyclic amines) is 2. The van der Waals surface area contributed by atoms with Gasteiger partial charge in [0.25, 0.3) is 5.91 Å². The van der Waals surface area contributed by atoms with E-state index in [1.54, 1.807) is 12.4 Å². The Kier molecular flexibility index (Phi) is 4.87. The van der Waals surface area contributed by atoms with Crippen LogP contribution in [0.5, 0.6) is 0 Å². The number of aromatic amines is 1. The summed E-state index contributed by atoms with van der Waals surface area (Å²) in [7, 11) is 2.20. The summed E-state index contributed by atoms with van der Waals surface area (Å²) in [5.74, 6) is 0.638. The van der Waals surface area contributed by atoms with E-state index < -0.39 is 0 Å². The van der Waals surface area contributed by atoms with Crippen LogP contribution >= 0.6 is 0 Å². The summed E-state index contributed by atoms with van der Waals surface area (Å²) in [6.45, 7) is 4.06. The molecule has 1 amide bonds. The Balaban J connectivity index is 1.17. The Morgan fingerprint density at radius 2 is 2.14 bits per heavy atom. The number of ether oxygens (including phenoxy) is 1. The highest BCUT2D eigenvalue weighted by atomic mass is 16.5. The van der Waals surface area contributed by atoms with Crippen LogP contribution in [0.15, 0.2) is 24.5 Å². The fourth-order valence-electron chi connectivity index (χ4n) is 5.20. The van der Waals surface area contributed by atoms with E-state index in [9.17, 15) is 4.79 Å². The monoisotopic (exact) mass is 395 g/mol. The van der Waals surface area contributed by atoms with Crippen LogP contribution in [-0.4, -0.2) is 69.7 Å². The maximum Gasteiger partial charge on any atom is 0.274 e. The first-order valence-corrected chi connectivity index (χ1v) is 10.7. The number of rotatable bonds is 5. The zero-order chi connectivity index (χ0) is 19.8. The van der Waals surface area contributed by atoms with Gasteiger partial charge in [-0.3, -0.25) is 19.8 Å². The molecule has 1 aliphatic carbocycles. The molecule has 154 valence electrons. The van der Waals surface area contributed by atoms with Gasteiger partial charge >= 0.3 is 0 Å². The summed E-state index contributed by atoms with van der Waals surface area (Å²) in [4.78, 5) is 21.5. The number of H-pyrrole nitrogens is 1. The number of fused-ring (bicyclic) bond motifs is 1. The highest BCUT2D eigenvalue weighted by molar-refractivity contribution is 5.95. The van der Waals surface area contributed by atoms with E-state index in [1.165, 1.54) is 0 Å². The smallest absolute Gasteiger partial charge is 0.274 e. The number of amides is 1. The van der Waals surface area contributed by atoms with Crippen molar-refractivity contribution >= 4 is 5.91 Å². The van der Waals surface area contributed by atoms with Gasteiger partial charge in [0.2, 0.25) is 0 Å². The van der Waals surface area contributed by atoms with Gasteiger partial charge in [-0.05, 0) is 69.3 Å². The van der Waals surface area contributed by atoms with Crippen molar-refractivity contribution in [2.75, 3.05) is 33.3 Å². The number of likely N-dealkylation sites (N-methyl/N-ethyl adjacent to an activating group) is 1. The van der Waals surface area contributed by atoms with Crippen molar-refractivity contribution in [1.29, 1.82) is 0 Å². The largest absolute Gasteiger partial charge is 0.376 e. The number of hydrogen-bond acceptors (Lipinski definition) is 5. The normalized spacial score (nSPS) is 23.2. The average Bonchev–Trinajstić information content (AvgIpc) is 3.32. The fourth-order valence-corrected chi connectivity index (χ4v) is 5.20. The number of carbonyl (C=O) groups excluding carboxylic acids is 1. The maximum atomic E-state index is 13.0. The fraction of sp³-hybridized carbons (Fsp3) is 0.591. The van der Waals surface area contributed by atoms with Crippen LogP contribution in [0.1, 0.15) is 46.6 Å². The Morgan fingerprint density at radius 1 is 1.31 bits per heavy atom. The molecule has 2 aromatic rings. The van der Waals surface area contributed by atoms with E-state index in [1.807, 2.05) is 17.0 Å². The molecule has 7 heteroatoms. The molecule has 0 bridgehead atoms. The standard InChI is InChI=1S/C22H29N5O2/c1-26-10-7-17(13-29-12-16-5-8-23-9-6-16)11-22(26)14-27(15-22)21(28)20-18-3-2-4-19(18)24-25-20/h5-6,8-9,17H,2-4,7,10-15H2,1H3,(H,24,25)/t17-/m0/s1. The number of hydrogen-bond donors (Lipinski definition) is 1. The third kappa shape index (κ3) is 3.46. The van der Waals surface area contributed by atoms with Crippen molar-refractivity contribution in [3.63, 3.8) is 0 Å². The third-order valence-corrected chi connectivity index (χ3v) is 6.99. The van der Waals surface area contributed by atoms with Crippen LogP contribution in [0.3, 0.4) is 0 Å². The van der Waals surface area contributed by atoms with Gasteiger partial charge in [0.1, 0.15) is 0 Å². The number of pyridine rings is 1. The van der Waals surface area contributed by atoms with E-state index in [0.717, 1.165) is 75.2 Å². The zero-order valence-corrected chi connectivity index (χ0v) is 17.1. The van der Waals surface area contributed by atoms with Crippen molar-refractivity contribution in [2.24, 2.45) is 5.92 Å². The SMILES string of the molecule is CN1CC[C@H](COCc2ccncc2)CC12CN(C(=O)c1n[nH]c3c1CCC3)C2. The number of nitrogens with one attached hydrogen (secondary N) is 1. The van der Waals surface area contributed by atoms with Crippen molar-refractivity contribution in [3.05, 3.63) is 47.0 Å². The number of aromatic nitrogens is 3. The minimum Gasteiger partial charge on any atom is -0.376 e. The second-order valence-electron chi connectivity index (χ2n) is 8.92. The van der Waals surface area contributed by atoms with Crippen molar-refractivity contribution in [2.45, 2.75) is 44.2 Å². The highest BCUT2D eigenvalue weighted by Crippen LogP contribution is 2.39. The molecule has 0 unspecified atom stereocenters. The van der Waals surface area contributed by atoms with Crippen molar-refractivity contribution in [1.82, 2.24) is 25.0 Å². The lowest BCUT2D eigenvalue weighted by Gasteiger charge is -2.58. The van der Waals surface area contributed by atoms with Gasteiger partial charge in [-0.2, -0.15) is 5.10 Å². The van der Waals surface area contributed by atoms with Gasteiger partial charge in [0.05, 0.1) is 12.1 Å². The van der Waals surface area contributed by atoms with E-state index in [4.69, 9.17) is 4.74 Å². The maximum absolute atomic E-state index is 13.0. The molecule has 0 radical (unpaired) electrons. The quantitative estimate of drug-likeness (QED) is 0.839. The molecule has 0 aromatic carbocycles. The van der Waals surface area contributed by atoms with E-state index in [2.05, 4.69) is 27.1 Å². The Bertz CT molecular complexity index is 875. The molecule has 1 N–H and O–H groups in total. The lowest BCUT2D eigenvalue weighted by Crippen LogP contribution is -2.72. The second-order valence-corrected chi connectivity index (χ2v) is 8.92. The molecule has 2 saturated heterocycles. The van der Waals surface area contributed by atoms with Gasteiger partial charge < -0.3 is 9.64 Å². The Hall–Kier alpha value is -2.25. The second kappa shape index (κ2) is 7.54. The van der Waals surface area contributed by atoms with Crippen molar-refractivity contribution in [3.8, 4) is 0 Å². The summed E-state index contributed by atoms with van der Waals surface area (Å²) in [5, 5.41) is 7.39. The number of piperidine rings is 1. The van der Waals surface area contributed by atoms with Crippen LogP contribution in [0.2, 0.25) is 0 Å². The molecular formula is C22H29N5O2. The van der Waals surface area contributed by atoms with Crippen LogP contribution in [-0.2, 0) is 24.2 Å². The van der Waals surface area contributed by atoms with Crippen LogP contribution in [0.25, 0.3) is 0 Å². The molecule has 5 rings (SSSR count). The molecule has 3 aliphatic rings. The number of carbonyl (C=O) groups is 1. The summed E-state index contributed by atoms with van der Waals surface area (Å²) in [6.07, 6.45) is 8.96. The van der Waals surface area contributed by atoms with E-state index in [-0.39, 0.29) is 11.4 Å². The molecule has 2 aliphatic heterocycles. The minimum absolute atomic E-state index is 0.0953. The minimum atomic E-state index is 0.0953. The number of aryl methyl sites for hydroxylation is 1. The summed E-state index contributed by atoms with van der Waals surface area (Å²) < 4.78 is 6.00. The van der Waals surface area contributed by atoms with Crippen LogP contribution < -0.4 is 0 Å². The van der Waals surface area contributed by atoms with Crippen molar-refractivity contribution < 1.29 is 9.53 Å². The van der Waals surface area contributed by atoms with E-state index in [0.29, 0.717) is 18.2 Å². The molecule has 0 saturated carbocycles. The first-order valence-electron chi connectivity index (χ1n) is 10.7. The number of nitrogens with zero attached hydrogens (tertiary/aromatic N) is 4. The van der Waals surface area contributed by atoms with Gasteiger partial charge in [-0.25, -0.2) is 0 Å². The lowest BCUT2D eigenvalue weighted by molar-refractivity contribution is -0.0769. The first-order chi connectivity index (χ1) is 14.1. The molecule has 1 spiro atoms. The zero-order valence-electron chi connectivity index (χ0n) is 17.1. The average molecular weight is 396 g/mol. The van der Waals surface area contributed by atoms with Gasteiger partial charge in [-0.1, -0.05) is 0 Å². The van der Waals surface area contributed by atoms with E-state index >= 15 is 0 Å².